The fourth-order valence-corrected chi connectivity index (χ4v) is 2.77. The predicted octanol–water partition coefficient (Wildman–Crippen LogP) is 3.98. The van der Waals surface area contributed by atoms with Crippen LogP contribution in [0.2, 0.25) is 0 Å². The molecule has 0 radical (unpaired) electrons. The van der Waals surface area contributed by atoms with Gasteiger partial charge < -0.3 is 5.11 Å². The standard InChI is InChI=1S/C15H18OS/c1-2-15(16,13-7-4-3-5-8-13)11-10-14-9-6-12-17-14/h3-9,12,16H,2,10-11H2,1H3. The predicted molar refractivity (Wildman–Crippen MR) is 73.3 cm³/mol. The number of hydrogen-bond acceptors (Lipinski definition) is 2. The van der Waals surface area contributed by atoms with Crippen molar-refractivity contribution in [3.8, 4) is 0 Å². The highest BCUT2D eigenvalue weighted by molar-refractivity contribution is 7.09. The average Bonchev–Trinajstić information content (AvgIpc) is 2.90. The van der Waals surface area contributed by atoms with E-state index in [1.807, 2.05) is 37.3 Å². The van der Waals surface area contributed by atoms with Gasteiger partial charge >= 0.3 is 0 Å². The minimum Gasteiger partial charge on any atom is -0.385 e. The number of thiophene rings is 1. The van der Waals surface area contributed by atoms with Crippen LogP contribution in [0, 0.1) is 0 Å². The van der Waals surface area contributed by atoms with E-state index in [0.29, 0.717) is 0 Å². The Labute approximate surface area is 107 Å². The highest BCUT2D eigenvalue weighted by Gasteiger charge is 2.26. The maximum absolute atomic E-state index is 10.7. The Kier molecular flexibility index (Phi) is 3.97. The largest absolute Gasteiger partial charge is 0.385 e. The van der Waals surface area contributed by atoms with Crippen molar-refractivity contribution in [2.24, 2.45) is 0 Å². The molecule has 1 N–H and O–H groups in total. The topological polar surface area (TPSA) is 20.2 Å². The van der Waals surface area contributed by atoms with E-state index in [4.69, 9.17) is 0 Å². The first-order chi connectivity index (χ1) is 8.24. The van der Waals surface area contributed by atoms with Gasteiger partial charge in [-0.15, -0.1) is 11.3 Å². The molecule has 0 aliphatic rings. The Bertz CT molecular complexity index is 435. The Balaban J connectivity index is 2.09. The molecule has 1 unspecified atom stereocenters. The van der Waals surface area contributed by atoms with E-state index in [0.717, 1.165) is 24.8 Å². The average molecular weight is 246 g/mol. The molecule has 17 heavy (non-hydrogen) atoms. The molecule has 0 aliphatic heterocycles. The molecule has 0 bridgehead atoms. The monoisotopic (exact) mass is 246 g/mol. The van der Waals surface area contributed by atoms with E-state index in [9.17, 15) is 5.11 Å². The van der Waals surface area contributed by atoms with E-state index < -0.39 is 5.60 Å². The van der Waals surface area contributed by atoms with Gasteiger partial charge in [0.25, 0.3) is 0 Å². The number of aliphatic hydroxyl groups is 1. The van der Waals surface area contributed by atoms with Gasteiger partial charge in [0.2, 0.25) is 0 Å². The Morgan fingerprint density at radius 3 is 2.47 bits per heavy atom. The van der Waals surface area contributed by atoms with Crippen LogP contribution in [0.25, 0.3) is 0 Å². The third-order valence-corrected chi connectivity index (χ3v) is 4.20. The van der Waals surface area contributed by atoms with Gasteiger partial charge in [0.05, 0.1) is 5.60 Å². The minimum atomic E-state index is -0.689. The number of hydrogen-bond donors (Lipinski definition) is 1. The molecule has 1 heterocycles. The molecule has 0 aliphatic carbocycles. The van der Waals surface area contributed by atoms with Crippen molar-refractivity contribution in [1.29, 1.82) is 0 Å². The second-order valence-electron chi connectivity index (χ2n) is 4.33. The Morgan fingerprint density at radius 1 is 1.12 bits per heavy atom. The van der Waals surface area contributed by atoms with Crippen molar-refractivity contribution in [3.05, 3.63) is 58.3 Å². The van der Waals surface area contributed by atoms with Crippen molar-refractivity contribution < 1.29 is 5.11 Å². The third-order valence-electron chi connectivity index (χ3n) is 3.26. The smallest absolute Gasteiger partial charge is 0.0897 e. The van der Waals surface area contributed by atoms with Gasteiger partial charge in [-0.1, -0.05) is 43.3 Å². The van der Waals surface area contributed by atoms with Gasteiger partial charge in [-0.05, 0) is 36.3 Å². The molecule has 2 heteroatoms. The molecule has 1 nitrogen and oxygen atoms in total. The fourth-order valence-electron chi connectivity index (χ4n) is 2.06. The first-order valence-corrected chi connectivity index (χ1v) is 6.93. The zero-order chi connectivity index (χ0) is 12.1. The van der Waals surface area contributed by atoms with Gasteiger partial charge in [0.1, 0.15) is 0 Å². The summed E-state index contributed by atoms with van der Waals surface area (Å²) in [7, 11) is 0. The second-order valence-corrected chi connectivity index (χ2v) is 5.36. The van der Waals surface area contributed by atoms with Crippen LogP contribution >= 0.6 is 11.3 Å². The Morgan fingerprint density at radius 2 is 1.88 bits per heavy atom. The van der Waals surface area contributed by atoms with Gasteiger partial charge in [0, 0.05) is 4.88 Å². The molecule has 90 valence electrons. The van der Waals surface area contributed by atoms with Crippen LogP contribution in [0.5, 0.6) is 0 Å². The summed E-state index contributed by atoms with van der Waals surface area (Å²) < 4.78 is 0. The van der Waals surface area contributed by atoms with Crippen LogP contribution in [0.4, 0.5) is 0 Å². The summed E-state index contributed by atoms with van der Waals surface area (Å²) in [6.07, 6.45) is 2.48. The van der Waals surface area contributed by atoms with Crippen LogP contribution in [-0.4, -0.2) is 5.11 Å². The van der Waals surface area contributed by atoms with Crippen molar-refractivity contribution >= 4 is 11.3 Å². The van der Waals surface area contributed by atoms with Gasteiger partial charge in [-0.25, -0.2) is 0 Å². The maximum atomic E-state index is 10.7. The van der Waals surface area contributed by atoms with Gasteiger partial charge in [-0.2, -0.15) is 0 Å². The molecule has 2 rings (SSSR count). The van der Waals surface area contributed by atoms with Crippen molar-refractivity contribution in [1.82, 2.24) is 0 Å². The normalized spacial score (nSPS) is 14.5. The van der Waals surface area contributed by atoms with Crippen molar-refractivity contribution in [2.75, 3.05) is 0 Å². The molecule has 0 saturated carbocycles. The van der Waals surface area contributed by atoms with Gasteiger partial charge in [-0.3, -0.25) is 0 Å². The molecular formula is C15H18OS. The zero-order valence-electron chi connectivity index (χ0n) is 10.1. The molecule has 0 fully saturated rings. The first-order valence-electron chi connectivity index (χ1n) is 6.05. The van der Waals surface area contributed by atoms with E-state index in [2.05, 4.69) is 17.5 Å². The summed E-state index contributed by atoms with van der Waals surface area (Å²) in [5.74, 6) is 0. The van der Waals surface area contributed by atoms with E-state index in [1.54, 1.807) is 11.3 Å². The molecule has 1 atom stereocenters. The zero-order valence-corrected chi connectivity index (χ0v) is 10.9. The highest BCUT2D eigenvalue weighted by atomic mass is 32.1. The van der Waals surface area contributed by atoms with Crippen LogP contribution in [-0.2, 0) is 12.0 Å². The molecule has 2 aromatic rings. The summed E-state index contributed by atoms with van der Waals surface area (Å²) in [5.41, 5.74) is 0.338. The molecule has 1 aromatic carbocycles. The fraction of sp³-hybridized carbons (Fsp3) is 0.333. The molecule has 0 spiro atoms. The summed E-state index contributed by atoms with van der Waals surface area (Å²) in [6.45, 7) is 2.04. The number of aryl methyl sites for hydroxylation is 1. The van der Waals surface area contributed by atoms with Gasteiger partial charge in [0.15, 0.2) is 0 Å². The lowest BCUT2D eigenvalue weighted by molar-refractivity contribution is 0.0238. The third kappa shape index (κ3) is 2.96. The molecular weight excluding hydrogens is 228 g/mol. The molecule has 1 aromatic heterocycles. The van der Waals surface area contributed by atoms with Crippen LogP contribution in [0.3, 0.4) is 0 Å². The maximum Gasteiger partial charge on any atom is 0.0897 e. The van der Waals surface area contributed by atoms with Crippen LogP contribution in [0.1, 0.15) is 30.2 Å². The lowest BCUT2D eigenvalue weighted by atomic mass is 9.86. The van der Waals surface area contributed by atoms with Crippen molar-refractivity contribution in [2.45, 2.75) is 31.8 Å². The van der Waals surface area contributed by atoms with Crippen molar-refractivity contribution in [3.63, 3.8) is 0 Å². The van der Waals surface area contributed by atoms with Crippen LogP contribution < -0.4 is 0 Å². The quantitative estimate of drug-likeness (QED) is 0.846. The van der Waals surface area contributed by atoms with E-state index >= 15 is 0 Å². The molecule has 0 amide bonds. The summed E-state index contributed by atoms with van der Waals surface area (Å²) in [5, 5.41) is 12.8. The molecule has 0 saturated heterocycles. The Hall–Kier alpha value is -1.12. The highest BCUT2D eigenvalue weighted by Crippen LogP contribution is 2.30. The number of benzene rings is 1. The van der Waals surface area contributed by atoms with E-state index in [-0.39, 0.29) is 0 Å². The van der Waals surface area contributed by atoms with E-state index in [1.165, 1.54) is 4.88 Å². The SMILES string of the molecule is CCC(O)(CCc1cccs1)c1ccccc1. The lowest BCUT2D eigenvalue weighted by Crippen LogP contribution is -2.25. The second kappa shape index (κ2) is 5.48. The first kappa shape index (κ1) is 12.3. The number of rotatable bonds is 5. The summed E-state index contributed by atoms with van der Waals surface area (Å²) in [4.78, 5) is 1.34. The van der Waals surface area contributed by atoms with Crippen LogP contribution in [0.15, 0.2) is 47.8 Å². The summed E-state index contributed by atoms with van der Waals surface area (Å²) in [6, 6.07) is 14.2. The summed E-state index contributed by atoms with van der Waals surface area (Å²) >= 11 is 1.76. The minimum absolute atomic E-state index is 0.689. The lowest BCUT2D eigenvalue weighted by Gasteiger charge is -2.27.